The number of carbonyl (C=O) groups is 1. The van der Waals surface area contributed by atoms with Gasteiger partial charge in [-0.25, -0.2) is 0 Å². The SMILES string of the molecule is CC(C)CN(CC(F)(F)F)C(=O)CN1CCN(CCO)CC1. The van der Waals surface area contributed by atoms with Crippen LogP contribution in [0.25, 0.3) is 0 Å². The Kier molecular flexibility index (Phi) is 7.58. The van der Waals surface area contributed by atoms with E-state index in [4.69, 9.17) is 5.11 Å². The summed E-state index contributed by atoms with van der Waals surface area (Å²) in [5, 5.41) is 8.87. The Morgan fingerprint density at radius 1 is 1.18 bits per heavy atom. The number of rotatable bonds is 7. The second kappa shape index (κ2) is 8.69. The maximum Gasteiger partial charge on any atom is 0.406 e. The number of alkyl halides is 3. The Bertz CT molecular complexity index is 343. The molecule has 1 fully saturated rings. The summed E-state index contributed by atoms with van der Waals surface area (Å²) in [7, 11) is 0. The molecule has 1 saturated heterocycles. The molecule has 130 valence electrons. The third-order valence-corrected chi connectivity index (χ3v) is 3.55. The zero-order valence-electron chi connectivity index (χ0n) is 13.3. The van der Waals surface area contributed by atoms with E-state index in [9.17, 15) is 18.0 Å². The molecule has 1 rings (SSSR count). The normalized spacial score (nSPS) is 18.0. The molecule has 0 aromatic heterocycles. The summed E-state index contributed by atoms with van der Waals surface area (Å²) in [6.45, 7) is 5.93. The molecule has 1 amide bonds. The molecule has 8 heteroatoms. The third kappa shape index (κ3) is 7.42. The number of aliphatic hydroxyl groups excluding tert-OH is 1. The van der Waals surface area contributed by atoms with Crippen molar-refractivity contribution in [2.24, 2.45) is 5.92 Å². The molecular formula is C14H26F3N3O2. The summed E-state index contributed by atoms with van der Waals surface area (Å²) < 4.78 is 37.8. The predicted molar refractivity (Wildman–Crippen MR) is 77.4 cm³/mol. The Hall–Kier alpha value is -0.860. The van der Waals surface area contributed by atoms with Crippen molar-refractivity contribution in [2.75, 3.05) is 59.0 Å². The number of nitrogens with zero attached hydrogens (tertiary/aromatic N) is 3. The van der Waals surface area contributed by atoms with Gasteiger partial charge in [0, 0.05) is 39.3 Å². The van der Waals surface area contributed by atoms with Crippen molar-refractivity contribution in [1.82, 2.24) is 14.7 Å². The highest BCUT2D eigenvalue weighted by molar-refractivity contribution is 5.78. The molecule has 1 aliphatic heterocycles. The summed E-state index contributed by atoms with van der Waals surface area (Å²) in [6.07, 6.45) is -4.37. The molecular weight excluding hydrogens is 299 g/mol. The fourth-order valence-corrected chi connectivity index (χ4v) is 2.52. The van der Waals surface area contributed by atoms with Gasteiger partial charge >= 0.3 is 6.18 Å². The van der Waals surface area contributed by atoms with Gasteiger partial charge in [0.2, 0.25) is 5.91 Å². The van der Waals surface area contributed by atoms with Crippen molar-refractivity contribution in [3.63, 3.8) is 0 Å². The van der Waals surface area contributed by atoms with Crippen LogP contribution < -0.4 is 0 Å². The molecule has 0 bridgehead atoms. The first-order chi connectivity index (χ1) is 10.2. The van der Waals surface area contributed by atoms with E-state index in [0.29, 0.717) is 19.6 Å². The minimum absolute atomic E-state index is 0.00676. The van der Waals surface area contributed by atoms with Crippen LogP contribution in [-0.2, 0) is 4.79 Å². The lowest BCUT2D eigenvalue weighted by molar-refractivity contribution is -0.163. The quantitative estimate of drug-likeness (QED) is 0.746. The van der Waals surface area contributed by atoms with E-state index in [1.165, 1.54) is 0 Å². The van der Waals surface area contributed by atoms with Crippen LogP contribution in [0.15, 0.2) is 0 Å². The van der Waals surface area contributed by atoms with E-state index in [1.54, 1.807) is 13.8 Å². The standard InChI is InChI=1S/C14H26F3N3O2/c1-12(2)9-20(11-14(15,16)17)13(22)10-19-5-3-18(4-6-19)7-8-21/h12,21H,3-11H2,1-2H3. The Morgan fingerprint density at radius 2 is 1.73 bits per heavy atom. The third-order valence-electron chi connectivity index (χ3n) is 3.55. The topological polar surface area (TPSA) is 47.0 Å². The van der Waals surface area contributed by atoms with Crippen LogP contribution in [0.1, 0.15) is 13.8 Å². The smallest absolute Gasteiger partial charge is 0.395 e. The Morgan fingerprint density at radius 3 is 2.18 bits per heavy atom. The van der Waals surface area contributed by atoms with Crippen molar-refractivity contribution in [3.8, 4) is 0 Å². The lowest BCUT2D eigenvalue weighted by Gasteiger charge is -2.35. The van der Waals surface area contributed by atoms with Gasteiger partial charge in [-0.2, -0.15) is 13.2 Å². The van der Waals surface area contributed by atoms with Gasteiger partial charge in [0.25, 0.3) is 0 Å². The van der Waals surface area contributed by atoms with Crippen molar-refractivity contribution < 1.29 is 23.1 Å². The molecule has 1 heterocycles. The summed E-state index contributed by atoms with van der Waals surface area (Å²) >= 11 is 0. The van der Waals surface area contributed by atoms with Crippen LogP contribution in [-0.4, -0.2) is 90.9 Å². The molecule has 0 spiro atoms. The Balaban J connectivity index is 2.49. The highest BCUT2D eigenvalue weighted by atomic mass is 19.4. The zero-order chi connectivity index (χ0) is 16.8. The number of carbonyl (C=O) groups excluding carboxylic acids is 1. The maximum atomic E-state index is 12.6. The number of halogens is 3. The molecule has 0 saturated carbocycles. The number of aliphatic hydroxyl groups is 1. The number of hydrogen-bond acceptors (Lipinski definition) is 4. The van der Waals surface area contributed by atoms with Crippen LogP contribution in [0.4, 0.5) is 13.2 Å². The van der Waals surface area contributed by atoms with E-state index in [0.717, 1.165) is 18.0 Å². The number of β-amino-alcohol motifs (C(OH)–C–C–N with tert-alkyl or cyclic N) is 1. The summed E-state index contributed by atoms with van der Waals surface area (Å²) in [6, 6.07) is 0. The summed E-state index contributed by atoms with van der Waals surface area (Å²) in [5.41, 5.74) is 0. The first-order valence-corrected chi connectivity index (χ1v) is 7.61. The van der Waals surface area contributed by atoms with Gasteiger partial charge < -0.3 is 10.0 Å². The number of amides is 1. The van der Waals surface area contributed by atoms with Crippen molar-refractivity contribution in [2.45, 2.75) is 20.0 Å². The summed E-state index contributed by atoms with van der Waals surface area (Å²) in [4.78, 5) is 17.0. The van der Waals surface area contributed by atoms with E-state index < -0.39 is 18.6 Å². The minimum Gasteiger partial charge on any atom is -0.395 e. The van der Waals surface area contributed by atoms with Crippen LogP contribution in [0, 0.1) is 5.92 Å². The highest BCUT2D eigenvalue weighted by Gasteiger charge is 2.33. The van der Waals surface area contributed by atoms with Gasteiger partial charge in [0.1, 0.15) is 6.54 Å². The molecule has 22 heavy (non-hydrogen) atoms. The monoisotopic (exact) mass is 325 g/mol. The van der Waals surface area contributed by atoms with Gasteiger partial charge in [0.15, 0.2) is 0 Å². The second-order valence-electron chi connectivity index (χ2n) is 6.12. The molecule has 0 atom stereocenters. The Labute approximate surface area is 129 Å². The van der Waals surface area contributed by atoms with Crippen LogP contribution in [0.3, 0.4) is 0 Å². The van der Waals surface area contributed by atoms with Gasteiger partial charge in [-0.1, -0.05) is 13.8 Å². The van der Waals surface area contributed by atoms with Crippen molar-refractivity contribution in [3.05, 3.63) is 0 Å². The molecule has 0 aromatic rings. The maximum absolute atomic E-state index is 12.6. The van der Waals surface area contributed by atoms with E-state index in [2.05, 4.69) is 4.90 Å². The van der Waals surface area contributed by atoms with E-state index >= 15 is 0 Å². The number of piperazine rings is 1. The van der Waals surface area contributed by atoms with Gasteiger partial charge in [-0.05, 0) is 5.92 Å². The highest BCUT2D eigenvalue weighted by Crippen LogP contribution is 2.18. The lowest BCUT2D eigenvalue weighted by Crippen LogP contribution is -2.51. The van der Waals surface area contributed by atoms with Gasteiger partial charge in [-0.15, -0.1) is 0 Å². The average Bonchev–Trinajstić information content (AvgIpc) is 2.38. The van der Waals surface area contributed by atoms with E-state index in [-0.39, 0.29) is 25.6 Å². The first kappa shape index (κ1) is 19.2. The second-order valence-corrected chi connectivity index (χ2v) is 6.12. The van der Waals surface area contributed by atoms with Gasteiger partial charge in [-0.3, -0.25) is 14.6 Å². The molecule has 1 aliphatic rings. The van der Waals surface area contributed by atoms with E-state index in [1.807, 2.05) is 4.90 Å². The minimum atomic E-state index is -4.37. The zero-order valence-corrected chi connectivity index (χ0v) is 13.3. The van der Waals surface area contributed by atoms with Gasteiger partial charge in [0.05, 0.1) is 13.2 Å². The fraction of sp³-hybridized carbons (Fsp3) is 0.929. The first-order valence-electron chi connectivity index (χ1n) is 7.61. The largest absolute Gasteiger partial charge is 0.406 e. The van der Waals surface area contributed by atoms with Crippen LogP contribution in [0.2, 0.25) is 0 Å². The summed E-state index contributed by atoms with van der Waals surface area (Å²) in [5.74, 6) is -0.477. The van der Waals surface area contributed by atoms with Crippen molar-refractivity contribution in [1.29, 1.82) is 0 Å². The average molecular weight is 325 g/mol. The molecule has 5 nitrogen and oxygen atoms in total. The predicted octanol–water partition coefficient (Wildman–Crippen LogP) is 0.643. The lowest BCUT2D eigenvalue weighted by atomic mass is 10.2. The van der Waals surface area contributed by atoms with Crippen LogP contribution in [0.5, 0.6) is 0 Å². The van der Waals surface area contributed by atoms with Crippen molar-refractivity contribution >= 4 is 5.91 Å². The molecule has 0 aliphatic carbocycles. The van der Waals surface area contributed by atoms with Crippen LogP contribution >= 0.6 is 0 Å². The fourth-order valence-electron chi connectivity index (χ4n) is 2.52. The molecule has 1 N–H and O–H groups in total. The number of hydrogen-bond donors (Lipinski definition) is 1. The molecule has 0 radical (unpaired) electrons. The molecule has 0 aromatic carbocycles. The molecule has 0 unspecified atom stereocenters.